The van der Waals surface area contributed by atoms with E-state index in [0.29, 0.717) is 42.9 Å². The zero-order chi connectivity index (χ0) is 20.1. The van der Waals surface area contributed by atoms with Gasteiger partial charge in [0.2, 0.25) is 5.91 Å². The second kappa shape index (κ2) is 8.52. The molecule has 1 aromatic heterocycles. The van der Waals surface area contributed by atoms with Crippen LogP contribution in [-0.2, 0) is 10.4 Å². The number of carbonyl (C=O) groups is 2. The number of nitrogens with zero attached hydrogens (tertiary/aromatic N) is 2. The Hall–Kier alpha value is -2.73. The van der Waals surface area contributed by atoms with Gasteiger partial charge < -0.3 is 14.7 Å². The molecule has 2 aromatic rings. The number of pyridine rings is 1. The van der Waals surface area contributed by atoms with Gasteiger partial charge in [-0.3, -0.25) is 14.6 Å². The van der Waals surface area contributed by atoms with Crippen molar-refractivity contribution in [3.63, 3.8) is 0 Å². The van der Waals surface area contributed by atoms with Crippen LogP contribution in [0.4, 0.5) is 0 Å². The number of likely N-dealkylation sites (tertiary alicyclic amines) is 1. The summed E-state index contributed by atoms with van der Waals surface area (Å²) in [4.78, 5) is 30.8. The highest BCUT2D eigenvalue weighted by atomic mass is 16.5. The largest absolute Gasteiger partial charge is 0.497 e. The van der Waals surface area contributed by atoms with Crippen LogP contribution < -0.4 is 4.74 Å². The number of piperidine rings is 1. The van der Waals surface area contributed by atoms with Gasteiger partial charge in [-0.25, -0.2) is 0 Å². The highest BCUT2D eigenvalue weighted by Gasteiger charge is 2.36. The summed E-state index contributed by atoms with van der Waals surface area (Å²) in [5, 5.41) is 10.9. The second-order valence-electron chi connectivity index (χ2n) is 7.28. The van der Waals surface area contributed by atoms with Gasteiger partial charge in [-0.2, -0.15) is 0 Å². The predicted octanol–water partition coefficient (Wildman–Crippen LogP) is 2.87. The van der Waals surface area contributed by atoms with Crippen LogP contribution in [0.2, 0.25) is 0 Å². The molecule has 148 valence electrons. The lowest BCUT2D eigenvalue weighted by atomic mass is 9.87. The summed E-state index contributed by atoms with van der Waals surface area (Å²) in [5.41, 5.74) is 1.28. The number of amides is 1. The molecule has 0 saturated carbocycles. The number of ether oxygens (including phenoxy) is 1. The molecule has 1 aliphatic rings. The maximum atomic E-state index is 12.5. The maximum absolute atomic E-state index is 12.5. The van der Waals surface area contributed by atoms with E-state index in [-0.39, 0.29) is 24.5 Å². The first-order chi connectivity index (χ1) is 13.4. The molecule has 0 aliphatic carbocycles. The lowest BCUT2D eigenvalue weighted by molar-refractivity contribution is -0.135. The van der Waals surface area contributed by atoms with Gasteiger partial charge in [0.15, 0.2) is 5.78 Å². The molecule has 6 heteroatoms. The second-order valence-corrected chi connectivity index (χ2v) is 7.28. The predicted molar refractivity (Wildman–Crippen MR) is 105 cm³/mol. The molecule has 2 heterocycles. The standard InChI is InChI=1S/C22H26N2O4/c1-16-3-9-20(23-15-16)22(27)11-13-24(14-12-22)21(26)10-8-19(25)17-4-6-18(28-2)7-5-17/h3-7,9,15,27H,8,10-14H2,1-2H3. The molecule has 1 saturated heterocycles. The number of benzene rings is 1. The highest BCUT2D eigenvalue weighted by Crippen LogP contribution is 2.31. The Morgan fingerprint density at radius 2 is 1.79 bits per heavy atom. The lowest BCUT2D eigenvalue weighted by Crippen LogP contribution is -2.45. The number of hydrogen-bond acceptors (Lipinski definition) is 5. The van der Waals surface area contributed by atoms with E-state index in [0.717, 1.165) is 5.56 Å². The molecule has 1 fully saturated rings. The van der Waals surface area contributed by atoms with E-state index in [9.17, 15) is 14.7 Å². The third kappa shape index (κ3) is 4.57. The van der Waals surface area contributed by atoms with Gasteiger partial charge in [0, 0.05) is 37.7 Å². The van der Waals surface area contributed by atoms with Gasteiger partial charge in [0.25, 0.3) is 0 Å². The summed E-state index contributed by atoms with van der Waals surface area (Å²) < 4.78 is 5.08. The third-order valence-electron chi connectivity index (χ3n) is 5.31. The minimum atomic E-state index is -0.997. The highest BCUT2D eigenvalue weighted by molar-refractivity contribution is 5.98. The van der Waals surface area contributed by atoms with E-state index in [2.05, 4.69) is 4.98 Å². The molecule has 1 amide bonds. The minimum Gasteiger partial charge on any atom is -0.497 e. The van der Waals surface area contributed by atoms with Crippen molar-refractivity contribution in [1.29, 1.82) is 0 Å². The van der Waals surface area contributed by atoms with Crippen LogP contribution in [0.25, 0.3) is 0 Å². The molecule has 1 aliphatic heterocycles. The molecule has 1 aromatic carbocycles. The first-order valence-corrected chi connectivity index (χ1v) is 9.52. The fraction of sp³-hybridized carbons (Fsp3) is 0.409. The van der Waals surface area contributed by atoms with Gasteiger partial charge >= 0.3 is 0 Å². The Bertz CT molecular complexity index is 823. The van der Waals surface area contributed by atoms with E-state index in [4.69, 9.17) is 4.74 Å². The van der Waals surface area contributed by atoms with Crippen molar-refractivity contribution in [3.05, 3.63) is 59.4 Å². The summed E-state index contributed by atoms with van der Waals surface area (Å²) in [6, 6.07) is 10.7. The molecule has 1 N–H and O–H groups in total. The number of ketones is 1. The van der Waals surface area contributed by atoms with Gasteiger partial charge in [-0.05, 0) is 55.7 Å². The summed E-state index contributed by atoms with van der Waals surface area (Å²) in [5.74, 6) is 0.575. The Morgan fingerprint density at radius 1 is 1.11 bits per heavy atom. The fourth-order valence-electron chi connectivity index (χ4n) is 3.43. The summed E-state index contributed by atoms with van der Waals surface area (Å²) in [7, 11) is 1.57. The first-order valence-electron chi connectivity index (χ1n) is 9.52. The molecule has 0 spiro atoms. The van der Waals surface area contributed by atoms with Crippen LogP contribution in [-0.4, -0.2) is 46.9 Å². The van der Waals surface area contributed by atoms with Crippen LogP contribution in [0.1, 0.15) is 47.3 Å². The number of rotatable bonds is 6. The Labute approximate surface area is 165 Å². The Morgan fingerprint density at radius 3 is 2.36 bits per heavy atom. The van der Waals surface area contributed by atoms with E-state index < -0.39 is 5.60 Å². The number of aryl methyl sites for hydroxylation is 1. The number of aromatic nitrogens is 1. The van der Waals surface area contributed by atoms with Crippen molar-refractivity contribution >= 4 is 11.7 Å². The summed E-state index contributed by atoms with van der Waals surface area (Å²) in [6.45, 7) is 2.87. The maximum Gasteiger partial charge on any atom is 0.223 e. The topological polar surface area (TPSA) is 79.7 Å². The fourth-order valence-corrected chi connectivity index (χ4v) is 3.43. The number of Topliss-reactive ketones (excluding diaryl/α,β-unsaturated/α-hetero) is 1. The number of hydrogen-bond donors (Lipinski definition) is 1. The van der Waals surface area contributed by atoms with E-state index in [1.165, 1.54) is 0 Å². The van der Waals surface area contributed by atoms with Crippen molar-refractivity contribution in [2.75, 3.05) is 20.2 Å². The molecule has 0 atom stereocenters. The van der Waals surface area contributed by atoms with Crippen molar-refractivity contribution in [2.24, 2.45) is 0 Å². The number of aliphatic hydroxyl groups is 1. The molecule has 0 radical (unpaired) electrons. The normalized spacial score (nSPS) is 15.9. The van der Waals surface area contributed by atoms with Crippen LogP contribution in [0.5, 0.6) is 5.75 Å². The first kappa shape index (κ1) is 20.0. The Balaban J connectivity index is 1.50. The van der Waals surface area contributed by atoms with Gasteiger partial charge in [0.05, 0.1) is 12.8 Å². The molecule has 0 unspecified atom stereocenters. The smallest absolute Gasteiger partial charge is 0.223 e. The van der Waals surface area contributed by atoms with E-state index in [1.54, 1.807) is 42.5 Å². The molecule has 6 nitrogen and oxygen atoms in total. The van der Waals surface area contributed by atoms with Crippen molar-refractivity contribution in [1.82, 2.24) is 9.88 Å². The lowest BCUT2D eigenvalue weighted by Gasteiger charge is -2.37. The zero-order valence-corrected chi connectivity index (χ0v) is 16.4. The monoisotopic (exact) mass is 382 g/mol. The molecular weight excluding hydrogens is 356 g/mol. The summed E-state index contributed by atoms with van der Waals surface area (Å²) >= 11 is 0. The van der Waals surface area contributed by atoms with Crippen LogP contribution in [0, 0.1) is 6.92 Å². The van der Waals surface area contributed by atoms with Crippen LogP contribution >= 0.6 is 0 Å². The third-order valence-corrected chi connectivity index (χ3v) is 5.31. The average molecular weight is 382 g/mol. The van der Waals surface area contributed by atoms with Crippen molar-refractivity contribution in [3.8, 4) is 5.75 Å². The number of methoxy groups -OCH3 is 1. The van der Waals surface area contributed by atoms with Gasteiger partial charge in [-0.15, -0.1) is 0 Å². The van der Waals surface area contributed by atoms with Crippen LogP contribution in [0.3, 0.4) is 0 Å². The van der Waals surface area contributed by atoms with Crippen LogP contribution in [0.15, 0.2) is 42.6 Å². The molecule has 0 bridgehead atoms. The van der Waals surface area contributed by atoms with Crippen molar-refractivity contribution in [2.45, 2.75) is 38.2 Å². The minimum absolute atomic E-state index is 0.0548. The number of carbonyl (C=O) groups excluding carboxylic acids is 2. The average Bonchev–Trinajstić information content (AvgIpc) is 2.72. The quantitative estimate of drug-likeness (QED) is 0.777. The molecule has 3 rings (SSSR count). The van der Waals surface area contributed by atoms with Crippen molar-refractivity contribution < 1.29 is 19.4 Å². The van der Waals surface area contributed by atoms with E-state index >= 15 is 0 Å². The van der Waals surface area contributed by atoms with Gasteiger partial charge in [0.1, 0.15) is 11.4 Å². The van der Waals surface area contributed by atoms with Gasteiger partial charge in [-0.1, -0.05) is 6.07 Å². The Kier molecular flexibility index (Phi) is 6.09. The van der Waals surface area contributed by atoms with E-state index in [1.807, 2.05) is 19.1 Å². The molecular formula is C22H26N2O4. The zero-order valence-electron chi connectivity index (χ0n) is 16.4. The SMILES string of the molecule is COc1ccc(C(=O)CCC(=O)N2CCC(O)(c3ccc(C)cn3)CC2)cc1. The molecule has 28 heavy (non-hydrogen) atoms. The summed E-state index contributed by atoms with van der Waals surface area (Å²) in [6.07, 6.45) is 2.98.